The standard InChI is InChI=1S/C23H26N2O2/c26-22(16-18-8-2-1-3-9-18)24-14-6-12-20(17-24)23(27)25-15-7-11-19-10-4-5-13-21(19)25/h1-5,8-10,13,20H,6-7,11-12,14-17H2. The van der Waals surface area contributed by atoms with Crippen molar-refractivity contribution in [2.45, 2.75) is 32.1 Å². The molecule has 2 aromatic carbocycles. The van der Waals surface area contributed by atoms with E-state index in [-0.39, 0.29) is 17.7 Å². The third kappa shape index (κ3) is 3.90. The molecule has 2 aliphatic rings. The summed E-state index contributed by atoms with van der Waals surface area (Å²) in [5.74, 6) is 0.210. The summed E-state index contributed by atoms with van der Waals surface area (Å²) >= 11 is 0. The number of para-hydroxylation sites is 1. The van der Waals surface area contributed by atoms with Gasteiger partial charge in [0.05, 0.1) is 12.3 Å². The second-order valence-corrected chi connectivity index (χ2v) is 7.56. The molecule has 2 aromatic rings. The molecule has 0 radical (unpaired) electrons. The molecule has 0 saturated carbocycles. The van der Waals surface area contributed by atoms with Crippen LogP contribution in [0.1, 0.15) is 30.4 Å². The maximum atomic E-state index is 13.2. The van der Waals surface area contributed by atoms with Crippen LogP contribution in [0.3, 0.4) is 0 Å². The molecular formula is C23H26N2O2. The first-order valence-corrected chi connectivity index (χ1v) is 9.93. The fourth-order valence-corrected chi connectivity index (χ4v) is 4.27. The van der Waals surface area contributed by atoms with Gasteiger partial charge in [0.25, 0.3) is 0 Å². The van der Waals surface area contributed by atoms with Crippen LogP contribution in [0.4, 0.5) is 5.69 Å². The molecule has 4 nitrogen and oxygen atoms in total. The van der Waals surface area contributed by atoms with E-state index < -0.39 is 0 Å². The lowest BCUT2D eigenvalue weighted by Gasteiger charge is -2.37. The number of amides is 2. The molecule has 140 valence electrons. The van der Waals surface area contributed by atoms with Crippen molar-refractivity contribution in [3.05, 3.63) is 65.7 Å². The van der Waals surface area contributed by atoms with E-state index in [1.807, 2.05) is 58.3 Å². The molecule has 1 saturated heterocycles. The maximum absolute atomic E-state index is 13.2. The number of nitrogens with zero attached hydrogens (tertiary/aromatic N) is 2. The van der Waals surface area contributed by atoms with Crippen LogP contribution < -0.4 is 4.90 Å². The number of fused-ring (bicyclic) bond motifs is 1. The number of piperidine rings is 1. The van der Waals surface area contributed by atoms with Gasteiger partial charge in [0.2, 0.25) is 11.8 Å². The monoisotopic (exact) mass is 362 g/mol. The van der Waals surface area contributed by atoms with E-state index in [4.69, 9.17) is 0 Å². The number of likely N-dealkylation sites (tertiary alicyclic amines) is 1. The maximum Gasteiger partial charge on any atom is 0.231 e. The topological polar surface area (TPSA) is 40.6 Å². The lowest BCUT2D eigenvalue weighted by molar-refractivity contribution is -0.134. The number of hydrogen-bond donors (Lipinski definition) is 0. The highest BCUT2D eigenvalue weighted by atomic mass is 16.2. The van der Waals surface area contributed by atoms with E-state index in [1.165, 1.54) is 5.56 Å². The smallest absolute Gasteiger partial charge is 0.231 e. The fourth-order valence-electron chi connectivity index (χ4n) is 4.27. The van der Waals surface area contributed by atoms with E-state index >= 15 is 0 Å². The number of carbonyl (C=O) groups is 2. The minimum absolute atomic E-state index is 0.0929. The summed E-state index contributed by atoms with van der Waals surface area (Å²) in [5, 5.41) is 0. The van der Waals surface area contributed by atoms with Crippen LogP contribution in [-0.2, 0) is 22.4 Å². The van der Waals surface area contributed by atoms with Crippen LogP contribution >= 0.6 is 0 Å². The van der Waals surface area contributed by atoms with E-state index in [1.54, 1.807) is 0 Å². The zero-order valence-corrected chi connectivity index (χ0v) is 15.6. The Balaban J connectivity index is 1.44. The predicted molar refractivity (Wildman–Crippen MR) is 107 cm³/mol. The summed E-state index contributed by atoms with van der Waals surface area (Å²) in [5.41, 5.74) is 3.34. The number of hydrogen-bond acceptors (Lipinski definition) is 2. The SMILES string of the molecule is O=C(Cc1ccccc1)N1CCCC(C(=O)N2CCCc3ccccc32)C1. The van der Waals surface area contributed by atoms with Crippen molar-refractivity contribution < 1.29 is 9.59 Å². The molecule has 1 unspecified atom stereocenters. The van der Waals surface area contributed by atoms with E-state index in [9.17, 15) is 9.59 Å². The van der Waals surface area contributed by atoms with E-state index in [2.05, 4.69) is 6.07 Å². The molecule has 4 heteroatoms. The summed E-state index contributed by atoms with van der Waals surface area (Å²) < 4.78 is 0. The third-order valence-corrected chi connectivity index (χ3v) is 5.70. The molecule has 0 aliphatic carbocycles. The molecule has 1 fully saturated rings. The van der Waals surface area contributed by atoms with Gasteiger partial charge in [-0.25, -0.2) is 0 Å². The normalized spacial score (nSPS) is 19.5. The quantitative estimate of drug-likeness (QED) is 0.839. The number of benzene rings is 2. The average Bonchev–Trinajstić information content (AvgIpc) is 2.73. The molecule has 0 aromatic heterocycles. The highest BCUT2D eigenvalue weighted by Crippen LogP contribution is 2.30. The Morgan fingerprint density at radius 3 is 2.56 bits per heavy atom. The molecule has 0 spiro atoms. The van der Waals surface area contributed by atoms with Crippen molar-refractivity contribution >= 4 is 17.5 Å². The van der Waals surface area contributed by atoms with Gasteiger partial charge >= 0.3 is 0 Å². The van der Waals surface area contributed by atoms with E-state index in [0.717, 1.165) is 50.0 Å². The first-order chi connectivity index (χ1) is 13.2. The molecule has 27 heavy (non-hydrogen) atoms. The van der Waals surface area contributed by atoms with Crippen molar-refractivity contribution in [1.82, 2.24) is 4.90 Å². The van der Waals surface area contributed by atoms with Crippen LogP contribution in [0.25, 0.3) is 0 Å². The number of carbonyl (C=O) groups excluding carboxylic acids is 2. The first-order valence-electron chi connectivity index (χ1n) is 9.93. The van der Waals surface area contributed by atoms with Gasteiger partial charge in [0.15, 0.2) is 0 Å². The first kappa shape index (κ1) is 17.8. The van der Waals surface area contributed by atoms with Gasteiger partial charge in [-0.2, -0.15) is 0 Å². The average molecular weight is 362 g/mol. The van der Waals surface area contributed by atoms with Crippen LogP contribution in [0.2, 0.25) is 0 Å². The zero-order chi connectivity index (χ0) is 18.6. The lowest BCUT2D eigenvalue weighted by Crippen LogP contribution is -2.48. The van der Waals surface area contributed by atoms with Crippen LogP contribution in [0.5, 0.6) is 0 Å². The van der Waals surface area contributed by atoms with Crippen molar-refractivity contribution in [2.75, 3.05) is 24.5 Å². The van der Waals surface area contributed by atoms with Crippen LogP contribution in [0.15, 0.2) is 54.6 Å². The molecular weight excluding hydrogens is 336 g/mol. The molecule has 0 N–H and O–H groups in total. The molecule has 2 amide bonds. The van der Waals surface area contributed by atoms with Crippen LogP contribution in [-0.4, -0.2) is 36.3 Å². The summed E-state index contributed by atoms with van der Waals surface area (Å²) in [7, 11) is 0. The molecule has 0 bridgehead atoms. The third-order valence-electron chi connectivity index (χ3n) is 5.70. The number of rotatable bonds is 3. The van der Waals surface area contributed by atoms with Crippen molar-refractivity contribution in [3.8, 4) is 0 Å². The number of anilines is 1. The van der Waals surface area contributed by atoms with Gasteiger partial charge in [0.1, 0.15) is 0 Å². The van der Waals surface area contributed by atoms with Gasteiger partial charge in [-0.3, -0.25) is 9.59 Å². The van der Waals surface area contributed by atoms with Gasteiger partial charge in [-0.05, 0) is 42.9 Å². The van der Waals surface area contributed by atoms with Crippen molar-refractivity contribution in [2.24, 2.45) is 5.92 Å². The Hall–Kier alpha value is -2.62. The number of aryl methyl sites for hydroxylation is 1. The molecule has 4 rings (SSSR count). The second kappa shape index (κ2) is 7.95. The van der Waals surface area contributed by atoms with Gasteiger partial charge < -0.3 is 9.80 Å². The molecule has 2 aliphatic heterocycles. The van der Waals surface area contributed by atoms with Crippen molar-refractivity contribution in [1.29, 1.82) is 0 Å². The summed E-state index contributed by atoms with van der Waals surface area (Å²) in [6, 6.07) is 18.0. The summed E-state index contributed by atoms with van der Waals surface area (Å²) in [4.78, 5) is 29.8. The Kier molecular flexibility index (Phi) is 5.23. The molecule has 2 heterocycles. The summed E-state index contributed by atoms with van der Waals surface area (Å²) in [6.07, 6.45) is 4.21. The Morgan fingerprint density at radius 2 is 1.70 bits per heavy atom. The van der Waals surface area contributed by atoms with Crippen molar-refractivity contribution in [3.63, 3.8) is 0 Å². The highest BCUT2D eigenvalue weighted by molar-refractivity contribution is 5.96. The Labute approximate surface area is 160 Å². The Bertz CT molecular complexity index is 818. The zero-order valence-electron chi connectivity index (χ0n) is 15.6. The Morgan fingerprint density at radius 1 is 0.926 bits per heavy atom. The second-order valence-electron chi connectivity index (χ2n) is 7.56. The lowest BCUT2D eigenvalue weighted by atomic mass is 9.93. The van der Waals surface area contributed by atoms with Crippen LogP contribution in [0, 0.1) is 5.92 Å². The van der Waals surface area contributed by atoms with Gasteiger partial charge in [-0.15, -0.1) is 0 Å². The van der Waals surface area contributed by atoms with Gasteiger partial charge in [-0.1, -0.05) is 48.5 Å². The largest absolute Gasteiger partial charge is 0.342 e. The fraction of sp³-hybridized carbons (Fsp3) is 0.391. The summed E-state index contributed by atoms with van der Waals surface area (Å²) in [6.45, 7) is 2.08. The minimum atomic E-state index is -0.0929. The minimum Gasteiger partial charge on any atom is -0.342 e. The van der Waals surface area contributed by atoms with E-state index in [0.29, 0.717) is 13.0 Å². The predicted octanol–water partition coefficient (Wildman–Crippen LogP) is 3.45. The highest BCUT2D eigenvalue weighted by Gasteiger charge is 2.33. The molecule has 1 atom stereocenters. The van der Waals surface area contributed by atoms with Gasteiger partial charge in [0, 0.05) is 25.3 Å².